The highest BCUT2D eigenvalue weighted by Crippen LogP contribution is 2.13. The monoisotopic (exact) mass is 317 g/mol. The summed E-state index contributed by atoms with van der Waals surface area (Å²) in [6, 6.07) is 7.12. The van der Waals surface area contributed by atoms with Gasteiger partial charge < -0.3 is 10.4 Å². The highest BCUT2D eigenvalue weighted by atomic mass is 16.4. The van der Waals surface area contributed by atoms with E-state index in [4.69, 9.17) is 5.11 Å². The van der Waals surface area contributed by atoms with Crippen LogP contribution >= 0.6 is 0 Å². The highest BCUT2D eigenvalue weighted by molar-refractivity contribution is 5.91. The number of carboxylic acid groups (broad SMARTS) is 1. The van der Waals surface area contributed by atoms with Gasteiger partial charge in [0.1, 0.15) is 0 Å². The molecule has 0 heterocycles. The van der Waals surface area contributed by atoms with Gasteiger partial charge in [0.2, 0.25) is 5.91 Å². The molecule has 1 amide bonds. The molecule has 0 aliphatic heterocycles. The molecule has 1 aromatic carbocycles. The number of unbranched alkanes of at least 4 members (excludes halogenated alkanes) is 6. The Balaban J connectivity index is 2.22. The smallest absolute Gasteiger partial charge is 0.328 e. The lowest BCUT2D eigenvalue weighted by molar-refractivity contribution is -0.131. The summed E-state index contributed by atoms with van der Waals surface area (Å²) < 4.78 is 0. The Labute approximate surface area is 138 Å². The number of amides is 1. The van der Waals surface area contributed by atoms with Crippen LogP contribution in [-0.4, -0.2) is 17.0 Å². The van der Waals surface area contributed by atoms with Gasteiger partial charge in [-0.2, -0.15) is 0 Å². The van der Waals surface area contributed by atoms with Crippen LogP contribution in [0.4, 0.5) is 5.69 Å². The number of carbonyl (C=O) groups excluding carboxylic acids is 1. The topological polar surface area (TPSA) is 66.4 Å². The van der Waals surface area contributed by atoms with Gasteiger partial charge in [-0.25, -0.2) is 4.79 Å². The fourth-order valence-corrected chi connectivity index (χ4v) is 2.31. The number of anilines is 1. The number of aliphatic carboxylic acids is 1. The molecule has 126 valence electrons. The van der Waals surface area contributed by atoms with E-state index >= 15 is 0 Å². The maximum absolute atomic E-state index is 11.8. The molecular formula is C19H27NO3. The van der Waals surface area contributed by atoms with Crippen LogP contribution in [0.3, 0.4) is 0 Å². The summed E-state index contributed by atoms with van der Waals surface area (Å²) in [5, 5.41) is 11.4. The zero-order valence-corrected chi connectivity index (χ0v) is 13.9. The summed E-state index contributed by atoms with van der Waals surface area (Å²) in [5.41, 5.74) is 1.53. The van der Waals surface area contributed by atoms with Gasteiger partial charge in [0, 0.05) is 18.2 Å². The minimum Gasteiger partial charge on any atom is -0.478 e. The molecule has 0 aromatic heterocycles. The Hall–Kier alpha value is -2.10. The number of rotatable bonds is 11. The Kier molecular flexibility index (Phi) is 9.45. The first-order valence-corrected chi connectivity index (χ1v) is 8.42. The average Bonchev–Trinajstić information content (AvgIpc) is 2.53. The maximum Gasteiger partial charge on any atom is 0.328 e. The van der Waals surface area contributed by atoms with Crippen molar-refractivity contribution >= 4 is 23.6 Å². The second-order valence-electron chi connectivity index (χ2n) is 5.71. The lowest BCUT2D eigenvalue weighted by Gasteiger charge is -2.06. The standard InChI is InChI=1S/C19H27NO3/c1-2-3-4-5-6-7-8-9-18(21)20-17-13-10-16(11-14-17)12-15-19(22)23/h10-15H,2-9H2,1H3,(H,20,21)(H,22,23)/b15-12+. The highest BCUT2D eigenvalue weighted by Gasteiger charge is 2.02. The van der Waals surface area contributed by atoms with Crippen LogP contribution < -0.4 is 5.32 Å². The van der Waals surface area contributed by atoms with E-state index in [0.717, 1.165) is 30.2 Å². The number of benzene rings is 1. The average molecular weight is 317 g/mol. The van der Waals surface area contributed by atoms with E-state index < -0.39 is 5.97 Å². The first kappa shape index (κ1) is 18.9. The van der Waals surface area contributed by atoms with Gasteiger partial charge >= 0.3 is 5.97 Å². The van der Waals surface area contributed by atoms with E-state index in [2.05, 4.69) is 12.2 Å². The van der Waals surface area contributed by atoms with Gasteiger partial charge in [-0.3, -0.25) is 4.79 Å². The summed E-state index contributed by atoms with van der Waals surface area (Å²) in [4.78, 5) is 22.3. The van der Waals surface area contributed by atoms with Crippen molar-refractivity contribution in [2.75, 3.05) is 5.32 Å². The third kappa shape index (κ3) is 9.51. The quantitative estimate of drug-likeness (QED) is 0.452. The molecule has 0 fully saturated rings. The van der Waals surface area contributed by atoms with Gasteiger partial charge in [-0.1, -0.05) is 57.6 Å². The van der Waals surface area contributed by atoms with Crippen molar-refractivity contribution in [3.8, 4) is 0 Å². The lowest BCUT2D eigenvalue weighted by Crippen LogP contribution is -2.10. The van der Waals surface area contributed by atoms with Crippen molar-refractivity contribution in [1.29, 1.82) is 0 Å². The minimum atomic E-state index is -0.975. The molecule has 0 saturated carbocycles. The van der Waals surface area contributed by atoms with E-state index in [1.54, 1.807) is 24.3 Å². The Bertz CT molecular complexity index is 506. The SMILES string of the molecule is CCCCCCCCCC(=O)Nc1ccc(/C=C/C(=O)O)cc1. The van der Waals surface area contributed by atoms with Crippen molar-refractivity contribution in [2.24, 2.45) is 0 Å². The number of nitrogens with one attached hydrogen (secondary N) is 1. The first-order valence-electron chi connectivity index (χ1n) is 8.42. The number of carboxylic acids is 1. The molecule has 0 atom stereocenters. The van der Waals surface area contributed by atoms with Crippen LogP contribution in [0.25, 0.3) is 6.08 Å². The molecule has 0 radical (unpaired) electrons. The molecule has 0 spiro atoms. The molecule has 1 aromatic rings. The van der Waals surface area contributed by atoms with Gasteiger partial charge in [-0.15, -0.1) is 0 Å². The van der Waals surface area contributed by atoms with Crippen molar-refractivity contribution in [2.45, 2.75) is 58.3 Å². The Morgan fingerprint density at radius 2 is 1.61 bits per heavy atom. The minimum absolute atomic E-state index is 0.0346. The van der Waals surface area contributed by atoms with Crippen molar-refractivity contribution in [1.82, 2.24) is 0 Å². The van der Waals surface area contributed by atoms with E-state index in [1.165, 1.54) is 38.2 Å². The Morgan fingerprint density at radius 3 is 2.22 bits per heavy atom. The van der Waals surface area contributed by atoms with Crippen LogP contribution in [0.1, 0.15) is 63.9 Å². The van der Waals surface area contributed by atoms with Crippen molar-refractivity contribution < 1.29 is 14.7 Å². The number of carbonyl (C=O) groups is 2. The fourth-order valence-electron chi connectivity index (χ4n) is 2.31. The molecule has 4 nitrogen and oxygen atoms in total. The van der Waals surface area contributed by atoms with Crippen LogP contribution in [0.2, 0.25) is 0 Å². The van der Waals surface area contributed by atoms with E-state index in [-0.39, 0.29) is 5.91 Å². The molecule has 1 rings (SSSR count). The van der Waals surface area contributed by atoms with Crippen molar-refractivity contribution in [3.63, 3.8) is 0 Å². The van der Waals surface area contributed by atoms with Crippen LogP contribution in [0, 0.1) is 0 Å². The predicted octanol–water partition coefficient (Wildman–Crippen LogP) is 4.86. The summed E-state index contributed by atoms with van der Waals surface area (Å²) in [6.07, 6.45) is 11.5. The molecule has 0 aliphatic rings. The van der Waals surface area contributed by atoms with Crippen LogP contribution in [0.5, 0.6) is 0 Å². The molecule has 0 saturated heterocycles. The molecule has 23 heavy (non-hydrogen) atoms. The third-order valence-corrected chi connectivity index (χ3v) is 3.62. The molecule has 4 heteroatoms. The Morgan fingerprint density at radius 1 is 1.00 bits per heavy atom. The van der Waals surface area contributed by atoms with E-state index in [0.29, 0.717) is 6.42 Å². The zero-order valence-electron chi connectivity index (χ0n) is 13.9. The van der Waals surface area contributed by atoms with Crippen molar-refractivity contribution in [3.05, 3.63) is 35.9 Å². The third-order valence-electron chi connectivity index (χ3n) is 3.62. The predicted molar refractivity (Wildman–Crippen MR) is 94.4 cm³/mol. The first-order chi connectivity index (χ1) is 11.1. The maximum atomic E-state index is 11.8. The molecule has 0 aliphatic carbocycles. The van der Waals surface area contributed by atoms with Gasteiger partial charge in [-0.05, 0) is 30.2 Å². The zero-order chi connectivity index (χ0) is 16.9. The second kappa shape index (κ2) is 11.5. The summed E-state index contributed by atoms with van der Waals surface area (Å²) in [6.45, 7) is 2.21. The summed E-state index contributed by atoms with van der Waals surface area (Å²) in [7, 11) is 0. The van der Waals surface area contributed by atoms with Gasteiger partial charge in [0.25, 0.3) is 0 Å². The van der Waals surface area contributed by atoms with E-state index in [9.17, 15) is 9.59 Å². The molecular weight excluding hydrogens is 290 g/mol. The number of hydrogen-bond acceptors (Lipinski definition) is 2. The summed E-state index contributed by atoms with van der Waals surface area (Å²) >= 11 is 0. The normalized spacial score (nSPS) is 10.8. The largest absolute Gasteiger partial charge is 0.478 e. The van der Waals surface area contributed by atoms with Gasteiger partial charge in [0.15, 0.2) is 0 Å². The second-order valence-corrected chi connectivity index (χ2v) is 5.71. The van der Waals surface area contributed by atoms with Crippen LogP contribution in [0.15, 0.2) is 30.3 Å². The lowest BCUT2D eigenvalue weighted by atomic mass is 10.1. The summed E-state index contributed by atoms with van der Waals surface area (Å²) in [5.74, 6) is -0.940. The van der Waals surface area contributed by atoms with E-state index in [1.807, 2.05) is 0 Å². The number of hydrogen-bond donors (Lipinski definition) is 2. The molecule has 2 N–H and O–H groups in total. The molecule has 0 unspecified atom stereocenters. The molecule has 0 bridgehead atoms. The fraction of sp³-hybridized carbons (Fsp3) is 0.474. The van der Waals surface area contributed by atoms with Crippen LogP contribution in [-0.2, 0) is 9.59 Å². The van der Waals surface area contributed by atoms with Gasteiger partial charge in [0.05, 0.1) is 0 Å².